The molecule has 2 rings (SSSR count). The van der Waals surface area contributed by atoms with Crippen LogP contribution in [0, 0.1) is 12.3 Å². The first kappa shape index (κ1) is 13.6. The minimum Gasteiger partial charge on any atom is -0.306 e. The summed E-state index contributed by atoms with van der Waals surface area (Å²) in [4.78, 5) is 0. The molecule has 0 fully saturated rings. The van der Waals surface area contributed by atoms with Gasteiger partial charge in [0, 0.05) is 18.5 Å². The van der Waals surface area contributed by atoms with Gasteiger partial charge in [0.15, 0.2) is 0 Å². The van der Waals surface area contributed by atoms with Gasteiger partial charge in [0.1, 0.15) is 0 Å². The average Bonchev–Trinajstić information content (AvgIpc) is 2.46. The lowest BCUT2D eigenvalue weighted by molar-refractivity contribution is 0.451. The van der Waals surface area contributed by atoms with Crippen molar-refractivity contribution in [1.82, 2.24) is 5.32 Å². The third-order valence-electron chi connectivity index (χ3n) is 3.63. The summed E-state index contributed by atoms with van der Waals surface area (Å²) >= 11 is 0. The van der Waals surface area contributed by atoms with Crippen LogP contribution < -0.4 is 5.32 Å². The highest BCUT2D eigenvalue weighted by molar-refractivity contribution is 5.86. The van der Waals surface area contributed by atoms with Gasteiger partial charge in [-0.2, -0.15) is 0 Å². The number of hydrogen-bond donors (Lipinski definition) is 1. The van der Waals surface area contributed by atoms with E-state index in [0.29, 0.717) is 12.1 Å². The minimum absolute atomic E-state index is 0.310. The Morgan fingerprint density at radius 1 is 1.16 bits per heavy atom. The quantitative estimate of drug-likeness (QED) is 0.782. The first-order valence-corrected chi connectivity index (χ1v) is 6.93. The summed E-state index contributed by atoms with van der Waals surface area (Å²) in [6, 6.07) is 15.7. The number of fused-ring (bicyclic) bond motifs is 1. The molecule has 1 N–H and O–H groups in total. The van der Waals surface area contributed by atoms with Crippen molar-refractivity contribution in [2.24, 2.45) is 0 Å². The second-order valence-electron chi connectivity index (χ2n) is 4.97. The standard InChI is InChI=1S/C18H21N/c1-4-9-16(5-2)19-14(3)17-13-8-11-15-10-6-7-12-18(15)17/h1,6-8,10-14,16,19H,5,9H2,2-3H3. The third-order valence-corrected chi connectivity index (χ3v) is 3.63. The number of rotatable bonds is 5. The topological polar surface area (TPSA) is 12.0 Å². The fourth-order valence-corrected chi connectivity index (χ4v) is 2.53. The van der Waals surface area contributed by atoms with E-state index in [4.69, 9.17) is 6.42 Å². The lowest BCUT2D eigenvalue weighted by Gasteiger charge is -2.22. The highest BCUT2D eigenvalue weighted by atomic mass is 14.9. The van der Waals surface area contributed by atoms with Gasteiger partial charge in [-0.25, -0.2) is 0 Å². The van der Waals surface area contributed by atoms with E-state index >= 15 is 0 Å². The third kappa shape index (κ3) is 3.16. The average molecular weight is 251 g/mol. The van der Waals surface area contributed by atoms with Crippen molar-refractivity contribution in [2.45, 2.75) is 38.8 Å². The van der Waals surface area contributed by atoms with Gasteiger partial charge in [-0.15, -0.1) is 12.3 Å². The lowest BCUT2D eigenvalue weighted by Crippen LogP contribution is -2.30. The van der Waals surface area contributed by atoms with Crippen molar-refractivity contribution < 1.29 is 0 Å². The van der Waals surface area contributed by atoms with Gasteiger partial charge in [0.05, 0.1) is 0 Å². The molecular formula is C18H21N. The molecule has 1 nitrogen and oxygen atoms in total. The van der Waals surface area contributed by atoms with Crippen molar-refractivity contribution in [3.05, 3.63) is 48.0 Å². The molecule has 0 heterocycles. The molecule has 19 heavy (non-hydrogen) atoms. The van der Waals surface area contributed by atoms with Gasteiger partial charge >= 0.3 is 0 Å². The summed E-state index contributed by atoms with van der Waals surface area (Å²) in [5.74, 6) is 2.75. The van der Waals surface area contributed by atoms with Gasteiger partial charge in [0.25, 0.3) is 0 Å². The molecule has 98 valence electrons. The summed E-state index contributed by atoms with van der Waals surface area (Å²) in [5, 5.41) is 6.24. The van der Waals surface area contributed by atoms with E-state index in [-0.39, 0.29) is 0 Å². The molecule has 0 saturated heterocycles. The minimum atomic E-state index is 0.310. The summed E-state index contributed by atoms with van der Waals surface area (Å²) in [6.45, 7) is 4.38. The molecule has 2 unspecified atom stereocenters. The first-order chi connectivity index (χ1) is 9.26. The van der Waals surface area contributed by atoms with Gasteiger partial charge in [-0.3, -0.25) is 0 Å². The molecule has 0 bridgehead atoms. The molecule has 0 aliphatic heterocycles. The molecule has 2 aromatic rings. The molecule has 0 spiro atoms. The predicted molar refractivity (Wildman–Crippen MR) is 83.0 cm³/mol. The van der Waals surface area contributed by atoms with Crippen molar-refractivity contribution in [3.63, 3.8) is 0 Å². The van der Waals surface area contributed by atoms with E-state index in [1.165, 1.54) is 16.3 Å². The monoisotopic (exact) mass is 251 g/mol. The fraction of sp³-hybridized carbons (Fsp3) is 0.333. The fourth-order valence-electron chi connectivity index (χ4n) is 2.53. The zero-order valence-corrected chi connectivity index (χ0v) is 11.7. The van der Waals surface area contributed by atoms with Crippen molar-refractivity contribution >= 4 is 10.8 Å². The Morgan fingerprint density at radius 3 is 2.63 bits per heavy atom. The van der Waals surface area contributed by atoms with E-state index in [0.717, 1.165) is 12.8 Å². The molecule has 0 aromatic heterocycles. The molecule has 2 atom stereocenters. The molecule has 0 aliphatic rings. The van der Waals surface area contributed by atoms with E-state index in [9.17, 15) is 0 Å². The largest absolute Gasteiger partial charge is 0.306 e. The van der Waals surface area contributed by atoms with Crippen LogP contribution >= 0.6 is 0 Å². The second-order valence-corrected chi connectivity index (χ2v) is 4.97. The molecule has 0 radical (unpaired) electrons. The Labute approximate surface area is 116 Å². The Kier molecular flexibility index (Phi) is 4.60. The normalized spacial score (nSPS) is 13.9. The van der Waals surface area contributed by atoms with E-state index in [1.807, 2.05) is 0 Å². The number of nitrogens with one attached hydrogen (secondary N) is 1. The Morgan fingerprint density at radius 2 is 1.89 bits per heavy atom. The molecule has 2 aromatic carbocycles. The lowest BCUT2D eigenvalue weighted by atomic mass is 9.98. The number of hydrogen-bond acceptors (Lipinski definition) is 1. The van der Waals surface area contributed by atoms with Crippen molar-refractivity contribution in [1.29, 1.82) is 0 Å². The van der Waals surface area contributed by atoms with Crippen LogP contribution in [0.15, 0.2) is 42.5 Å². The van der Waals surface area contributed by atoms with Crippen LogP contribution in [0.4, 0.5) is 0 Å². The zero-order chi connectivity index (χ0) is 13.7. The van der Waals surface area contributed by atoms with Gasteiger partial charge < -0.3 is 5.32 Å². The summed E-state index contributed by atoms with van der Waals surface area (Å²) in [7, 11) is 0. The highest BCUT2D eigenvalue weighted by Gasteiger charge is 2.12. The summed E-state index contributed by atoms with van der Waals surface area (Å²) < 4.78 is 0. The van der Waals surface area contributed by atoms with Gasteiger partial charge in [-0.1, -0.05) is 49.4 Å². The van der Waals surface area contributed by atoms with Crippen LogP contribution in [0.3, 0.4) is 0 Å². The highest BCUT2D eigenvalue weighted by Crippen LogP contribution is 2.24. The summed E-state index contributed by atoms with van der Waals surface area (Å²) in [6.07, 6.45) is 7.26. The van der Waals surface area contributed by atoms with Gasteiger partial charge in [-0.05, 0) is 29.7 Å². The molecule has 0 amide bonds. The van der Waals surface area contributed by atoms with Crippen LogP contribution in [0.1, 0.15) is 38.3 Å². The van der Waals surface area contributed by atoms with E-state index in [2.05, 4.69) is 67.5 Å². The Balaban J connectivity index is 2.26. The van der Waals surface area contributed by atoms with Crippen molar-refractivity contribution in [2.75, 3.05) is 0 Å². The maximum absolute atomic E-state index is 5.42. The molecule has 0 aliphatic carbocycles. The number of benzene rings is 2. The maximum Gasteiger partial charge on any atom is 0.0300 e. The summed E-state index contributed by atoms with van der Waals surface area (Å²) in [5.41, 5.74) is 1.34. The predicted octanol–water partition coefficient (Wildman–Crippen LogP) is 4.29. The first-order valence-electron chi connectivity index (χ1n) is 6.93. The van der Waals surface area contributed by atoms with Gasteiger partial charge in [0.2, 0.25) is 0 Å². The van der Waals surface area contributed by atoms with Crippen LogP contribution in [-0.2, 0) is 0 Å². The van der Waals surface area contributed by atoms with Crippen LogP contribution in [0.2, 0.25) is 0 Å². The Bertz CT molecular complexity index is 574. The Hall–Kier alpha value is -1.78. The van der Waals surface area contributed by atoms with Crippen LogP contribution in [-0.4, -0.2) is 6.04 Å². The molecule has 1 heteroatoms. The zero-order valence-electron chi connectivity index (χ0n) is 11.7. The SMILES string of the molecule is C#CCC(CC)NC(C)c1cccc2ccccc12. The maximum atomic E-state index is 5.42. The molecular weight excluding hydrogens is 230 g/mol. The van der Waals surface area contributed by atoms with Crippen LogP contribution in [0.5, 0.6) is 0 Å². The second kappa shape index (κ2) is 6.41. The smallest absolute Gasteiger partial charge is 0.0300 e. The van der Waals surface area contributed by atoms with E-state index in [1.54, 1.807) is 0 Å². The number of terminal acetylenes is 1. The van der Waals surface area contributed by atoms with Crippen LogP contribution in [0.25, 0.3) is 10.8 Å². The van der Waals surface area contributed by atoms with Crippen molar-refractivity contribution in [3.8, 4) is 12.3 Å². The van der Waals surface area contributed by atoms with E-state index < -0.39 is 0 Å². The molecule has 0 saturated carbocycles.